The number of hydrogen-bond donors (Lipinski definition) is 0. The molecule has 2 saturated heterocycles. The highest BCUT2D eigenvalue weighted by Crippen LogP contribution is 2.24. The van der Waals surface area contributed by atoms with Crippen molar-refractivity contribution < 1.29 is 0 Å². The summed E-state index contributed by atoms with van der Waals surface area (Å²) in [5, 5.41) is 0. The molecule has 1 aromatic carbocycles. The average Bonchev–Trinajstić information content (AvgIpc) is 2.55. The molecule has 3 rings (SSSR count). The van der Waals surface area contributed by atoms with Gasteiger partial charge in [0.2, 0.25) is 0 Å². The molecular formula is C13H18N2. The molecular weight excluding hydrogens is 184 g/mol. The third-order valence-corrected chi connectivity index (χ3v) is 3.61. The zero-order chi connectivity index (χ0) is 10.1. The summed E-state index contributed by atoms with van der Waals surface area (Å²) >= 11 is 0. The number of piperidine rings is 1. The van der Waals surface area contributed by atoms with E-state index in [1.165, 1.54) is 38.2 Å². The van der Waals surface area contributed by atoms with Crippen LogP contribution in [0.25, 0.3) is 0 Å². The Kier molecular flexibility index (Phi) is 2.47. The summed E-state index contributed by atoms with van der Waals surface area (Å²) in [6.07, 6.45) is 2.78. The van der Waals surface area contributed by atoms with Gasteiger partial charge in [-0.3, -0.25) is 9.80 Å². The number of hydrogen-bond acceptors (Lipinski definition) is 2. The molecule has 2 aliphatic heterocycles. The summed E-state index contributed by atoms with van der Waals surface area (Å²) in [6, 6.07) is 11.7. The molecule has 1 aromatic rings. The Morgan fingerprint density at radius 3 is 2.87 bits per heavy atom. The predicted molar refractivity (Wildman–Crippen MR) is 61.4 cm³/mol. The highest BCUT2D eigenvalue weighted by Gasteiger charge is 2.32. The van der Waals surface area contributed by atoms with Gasteiger partial charge in [-0.1, -0.05) is 30.3 Å². The second-order valence-electron chi connectivity index (χ2n) is 4.75. The minimum atomic E-state index is 0.818. The summed E-state index contributed by atoms with van der Waals surface area (Å²) < 4.78 is 0. The van der Waals surface area contributed by atoms with E-state index in [1.807, 2.05) is 0 Å². The topological polar surface area (TPSA) is 6.48 Å². The van der Waals surface area contributed by atoms with Gasteiger partial charge in [-0.15, -0.1) is 0 Å². The van der Waals surface area contributed by atoms with Crippen LogP contribution in [0.15, 0.2) is 30.3 Å². The molecule has 2 nitrogen and oxygen atoms in total. The molecule has 2 bridgehead atoms. The van der Waals surface area contributed by atoms with E-state index in [9.17, 15) is 0 Å². The van der Waals surface area contributed by atoms with Gasteiger partial charge in [0.15, 0.2) is 0 Å². The van der Waals surface area contributed by atoms with E-state index >= 15 is 0 Å². The van der Waals surface area contributed by atoms with Crippen molar-refractivity contribution >= 4 is 0 Å². The van der Waals surface area contributed by atoms with Crippen LogP contribution in [0, 0.1) is 0 Å². The van der Waals surface area contributed by atoms with Gasteiger partial charge in [-0.05, 0) is 24.9 Å². The summed E-state index contributed by atoms with van der Waals surface area (Å²) in [4.78, 5) is 5.21. The molecule has 0 radical (unpaired) electrons. The third kappa shape index (κ3) is 1.92. The van der Waals surface area contributed by atoms with E-state index in [4.69, 9.17) is 0 Å². The van der Waals surface area contributed by atoms with E-state index in [0.717, 1.165) is 12.6 Å². The molecule has 2 fully saturated rings. The maximum Gasteiger partial charge on any atom is 0.0513 e. The van der Waals surface area contributed by atoms with Crippen LogP contribution in [0.1, 0.15) is 18.4 Å². The van der Waals surface area contributed by atoms with Gasteiger partial charge in [0.25, 0.3) is 0 Å². The minimum absolute atomic E-state index is 0.818. The van der Waals surface area contributed by atoms with Gasteiger partial charge >= 0.3 is 0 Å². The Morgan fingerprint density at radius 1 is 1.20 bits per heavy atom. The molecule has 2 atom stereocenters. The van der Waals surface area contributed by atoms with E-state index in [0.29, 0.717) is 0 Å². The number of benzene rings is 1. The normalized spacial score (nSPS) is 30.7. The minimum Gasteiger partial charge on any atom is -0.289 e. The number of nitrogens with zero attached hydrogens (tertiary/aromatic N) is 2. The van der Waals surface area contributed by atoms with E-state index in [1.54, 1.807) is 0 Å². The van der Waals surface area contributed by atoms with Crippen molar-refractivity contribution in [1.82, 2.24) is 9.80 Å². The maximum atomic E-state index is 2.63. The molecule has 15 heavy (non-hydrogen) atoms. The van der Waals surface area contributed by atoms with Crippen molar-refractivity contribution in [2.45, 2.75) is 25.4 Å². The van der Waals surface area contributed by atoms with Gasteiger partial charge in [0.05, 0.1) is 6.67 Å². The molecule has 2 heteroatoms. The first-order valence-electron chi connectivity index (χ1n) is 5.92. The molecule has 0 saturated carbocycles. The van der Waals surface area contributed by atoms with Crippen LogP contribution < -0.4 is 0 Å². The Bertz CT molecular complexity index is 323. The molecule has 0 aliphatic carbocycles. The quantitative estimate of drug-likeness (QED) is 0.723. The summed E-state index contributed by atoms with van der Waals surface area (Å²) in [7, 11) is 0. The molecule has 0 spiro atoms. The van der Waals surface area contributed by atoms with Crippen molar-refractivity contribution in [2.75, 3.05) is 19.8 Å². The Balaban J connectivity index is 1.69. The molecule has 0 N–H and O–H groups in total. The van der Waals surface area contributed by atoms with Crippen molar-refractivity contribution in [3.8, 4) is 0 Å². The van der Waals surface area contributed by atoms with Gasteiger partial charge in [0.1, 0.15) is 0 Å². The molecule has 2 aliphatic rings. The molecule has 0 amide bonds. The number of rotatable bonds is 2. The lowest BCUT2D eigenvalue weighted by atomic mass is 10.1. The first kappa shape index (κ1) is 9.37. The predicted octanol–water partition coefficient (Wildman–Crippen LogP) is 1.92. The Morgan fingerprint density at radius 2 is 2.07 bits per heavy atom. The van der Waals surface area contributed by atoms with Crippen molar-refractivity contribution in [3.05, 3.63) is 35.9 Å². The van der Waals surface area contributed by atoms with Crippen molar-refractivity contribution in [2.24, 2.45) is 0 Å². The summed E-state index contributed by atoms with van der Waals surface area (Å²) in [5.41, 5.74) is 1.45. The van der Waals surface area contributed by atoms with Crippen LogP contribution in [0.3, 0.4) is 0 Å². The smallest absolute Gasteiger partial charge is 0.0513 e. The number of fused-ring (bicyclic) bond motifs is 2. The van der Waals surface area contributed by atoms with E-state index < -0.39 is 0 Å². The van der Waals surface area contributed by atoms with Gasteiger partial charge < -0.3 is 0 Å². The highest BCUT2D eigenvalue weighted by molar-refractivity contribution is 5.15. The van der Waals surface area contributed by atoms with Gasteiger partial charge in [0, 0.05) is 19.1 Å². The Labute approximate surface area is 91.5 Å². The first-order chi connectivity index (χ1) is 7.42. The van der Waals surface area contributed by atoms with Crippen molar-refractivity contribution in [3.63, 3.8) is 0 Å². The average molecular weight is 202 g/mol. The molecule has 80 valence electrons. The third-order valence-electron chi connectivity index (χ3n) is 3.61. The van der Waals surface area contributed by atoms with Crippen LogP contribution in [0.2, 0.25) is 0 Å². The zero-order valence-corrected chi connectivity index (χ0v) is 9.10. The molecule has 0 aromatic heterocycles. The van der Waals surface area contributed by atoms with Crippen LogP contribution in [0.4, 0.5) is 0 Å². The fourth-order valence-corrected chi connectivity index (χ4v) is 2.83. The lowest BCUT2D eigenvalue weighted by Gasteiger charge is -2.23. The monoisotopic (exact) mass is 202 g/mol. The second-order valence-corrected chi connectivity index (χ2v) is 4.75. The van der Waals surface area contributed by atoms with Gasteiger partial charge in [-0.25, -0.2) is 0 Å². The van der Waals surface area contributed by atoms with Crippen molar-refractivity contribution in [1.29, 1.82) is 0 Å². The summed E-state index contributed by atoms with van der Waals surface area (Å²) in [6.45, 7) is 4.91. The first-order valence-corrected chi connectivity index (χ1v) is 5.92. The van der Waals surface area contributed by atoms with Crippen LogP contribution in [-0.4, -0.2) is 35.6 Å². The van der Waals surface area contributed by atoms with E-state index in [2.05, 4.69) is 40.1 Å². The highest BCUT2D eigenvalue weighted by atomic mass is 15.4. The SMILES string of the molecule is c1ccc(CN2CN3CCCC2C3)cc1. The fraction of sp³-hybridized carbons (Fsp3) is 0.538. The zero-order valence-electron chi connectivity index (χ0n) is 9.10. The largest absolute Gasteiger partial charge is 0.289 e. The summed E-state index contributed by atoms with van der Waals surface area (Å²) in [5.74, 6) is 0. The second kappa shape index (κ2) is 3.95. The van der Waals surface area contributed by atoms with Crippen LogP contribution in [-0.2, 0) is 6.54 Å². The fourth-order valence-electron chi connectivity index (χ4n) is 2.83. The van der Waals surface area contributed by atoms with Crippen LogP contribution >= 0.6 is 0 Å². The Hall–Kier alpha value is -0.860. The molecule has 2 unspecified atom stereocenters. The maximum absolute atomic E-state index is 2.63. The van der Waals surface area contributed by atoms with E-state index in [-0.39, 0.29) is 0 Å². The molecule has 2 heterocycles. The lowest BCUT2D eigenvalue weighted by Crippen LogP contribution is -2.31. The lowest BCUT2D eigenvalue weighted by molar-refractivity contribution is 0.235. The standard InChI is InChI=1S/C13H18N2/c1-2-5-12(6-3-1)9-15-11-14-8-4-7-13(15)10-14/h1-3,5-6,13H,4,7-11H2. The van der Waals surface area contributed by atoms with Gasteiger partial charge in [-0.2, -0.15) is 0 Å². The van der Waals surface area contributed by atoms with Crippen LogP contribution in [0.5, 0.6) is 0 Å².